The predicted octanol–water partition coefficient (Wildman–Crippen LogP) is 6.00. The number of imidazole rings is 1. The monoisotopic (exact) mass is 400 g/mol. The molecule has 2 aromatic carbocycles. The van der Waals surface area contributed by atoms with Gasteiger partial charge in [-0.05, 0) is 74.2 Å². The second-order valence-electron chi connectivity index (χ2n) is 8.37. The second kappa shape index (κ2) is 8.88. The van der Waals surface area contributed by atoms with Crippen molar-refractivity contribution < 1.29 is 0 Å². The molecule has 2 aromatic heterocycles. The number of nitrogens with two attached hydrogens (primary N) is 1. The number of hydrogen-bond acceptors (Lipinski definition) is 2. The highest BCUT2D eigenvalue weighted by Crippen LogP contribution is 2.35. The Morgan fingerprint density at radius 2 is 1.87 bits per heavy atom. The molecule has 2 heterocycles. The summed E-state index contributed by atoms with van der Waals surface area (Å²) in [7, 11) is 0. The first kappa shape index (κ1) is 20.4. The van der Waals surface area contributed by atoms with Gasteiger partial charge < -0.3 is 15.7 Å². The number of aromatic nitrogens is 3. The van der Waals surface area contributed by atoms with Crippen LogP contribution in [-0.2, 0) is 6.42 Å². The average molecular weight is 401 g/mol. The highest BCUT2D eigenvalue weighted by Gasteiger charge is 2.19. The van der Waals surface area contributed by atoms with Crippen LogP contribution >= 0.6 is 0 Å². The highest BCUT2D eigenvalue weighted by atomic mass is 14.9. The minimum absolute atomic E-state index is 0.287. The summed E-state index contributed by atoms with van der Waals surface area (Å²) in [5.74, 6) is 1.34. The molecule has 0 radical (unpaired) electrons. The van der Waals surface area contributed by atoms with Gasteiger partial charge in [-0.1, -0.05) is 43.0 Å². The molecule has 4 nitrogen and oxygen atoms in total. The van der Waals surface area contributed by atoms with Crippen molar-refractivity contribution in [3.8, 4) is 11.3 Å². The molecule has 0 aliphatic heterocycles. The van der Waals surface area contributed by atoms with Gasteiger partial charge in [0.15, 0.2) is 0 Å². The Morgan fingerprint density at radius 3 is 2.53 bits per heavy atom. The van der Waals surface area contributed by atoms with Crippen molar-refractivity contribution in [3.05, 3.63) is 76.9 Å². The Morgan fingerprint density at radius 1 is 1.07 bits per heavy atom. The SMILES string of the molecule is CCCCC(c1ccc2[nH]c(-c3cc(C)cc(C)c3)c(CCN)c2c1)c1ncc[nH]1. The molecule has 156 valence electrons. The summed E-state index contributed by atoms with van der Waals surface area (Å²) in [4.78, 5) is 11.6. The molecular formula is C26H32N4. The van der Waals surface area contributed by atoms with Crippen molar-refractivity contribution in [3.63, 3.8) is 0 Å². The summed E-state index contributed by atoms with van der Waals surface area (Å²) in [6.07, 6.45) is 8.07. The van der Waals surface area contributed by atoms with Gasteiger partial charge in [0.25, 0.3) is 0 Å². The van der Waals surface area contributed by atoms with Crippen LogP contribution in [0.15, 0.2) is 48.8 Å². The number of fused-ring (bicyclic) bond motifs is 1. The first-order valence-electron chi connectivity index (χ1n) is 11.0. The van der Waals surface area contributed by atoms with Crippen LogP contribution in [0.3, 0.4) is 0 Å². The Balaban J connectivity index is 1.84. The van der Waals surface area contributed by atoms with Gasteiger partial charge in [0.2, 0.25) is 0 Å². The topological polar surface area (TPSA) is 70.5 Å². The largest absolute Gasteiger partial charge is 0.354 e. The Hall–Kier alpha value is -2.85. The van der Waals surface area contributed by atoms with Crippen molar-refractivity contribution in [2.45, 2.75) is 52.4 Å². The van der Waals surface area contributed by atoms with Crippen molar-refractivity contribution in [2.24, 2.45) is 5.73 Å². The van der Waals surface area contributed by atoms with Crippen LogP contribution in [0.1, 0.15) is 60.2 Å². The molecule has 4 rings (SSSR count). The number of rotatable bonds is 8. The van der Waals surface area contributed by atoms with E-state index < -0.39 is 0 Å². The number of benzene rings is 2. The van der Waals surface area contributed by atoms with Gasteiger partial charge in [-0.2, -0.15) is 0 Å². The smallest absolute Gasteiger partial charge is 0.113 e. The highest BCUT2D eigenvalue weighted by molar-refractivity contribution is 5.91. The fraction of sp³-hybridized carbons (Fsp3) is 0.346. The lowest BCUT2D eigenvalue weighted by Gasteiger charge is -2.15. The molecule has 1 atom stereocenters. The molecule has 0 aliphatic carbocycles. The van der Waals surface area contributed by atoms with E-state index in [2.05, 4.69) is 72.1 Å². The van der Waals surface area contributed by atoms with Crippen LogP contribution in [0.2, 0.25) is 0 Å². The molecule has 1 unspecified atom stereocenters. The van der Waals surface area contributed by atoms with E-state index in [-0.39, 0.29) is 5.92 Å². The van der Waals surface area contributed by atoms with Crippen LogP contribution < -0.4 is 5.73 Å². The van der Waals surface area contributed by atoms with Gasteiger partial charge >= 0.3 is 0 Å². The molecule has 0 fully saturated rings. The Labute approximate surface area is 178 Å². The van der Waals surface area contributed by atoms with E-state index in [0.717, 1.165) is 18.7 Å². The third-order valence-corrected chi connectivity index (χ3v) is 5.93. The number of H-pyrrole nitrogens is 2. The zero-order chi connectivity index (χ0) is 21.1. The maximum atomic E-state index is 6.03. The van der Waals surface area contributed by atoms with Gasteiger partial charge in [-0.3, -0.25) is 0 Å². The molecule has 4 heteroatoms. The zero-order valence-electron chi connectivity index (χ0n) is 18.3. The molecule has 4 N–H and O–H groups in total. The fourth-order valence-electron chi connectivity index (χ4n) is 4.59. The molecule has 0 bridgehead atoms. The summed E-state index contributed by atoms with van der Waals surface area (Å²) in [5, 5.41) is 1.28. The van der Waals surface area contributed by atoms with E-state index in [1.807, 2.05) is 12.4 Å². The number of hydrogen-bond donors (Lipinski definition) is 3. The van der Waals surface area contributed by atoms with Gasteiger partial charge in [-0.15, -0.1) is 0 Å². The average Bonchev–Trinajstić information content (AvgIpc) is 3.37. The molecule has 4 aromatic rings. The van der Waals surface area contributed by atoms with Crippen molar-refractivity contribution in [2.75, 3.05) is 6.54 Å². The molecule has 0 spiro atoms. The number of nitrogens with one attached hydrogen (secondary N) is 2. The number of aromatic amines is 2. The quantitative estimate of drug-likeness (QED) is 0.339. The van der Waals surface area contributed by atoms with E-state index in [9.17, 15) is 0 Å². The lowest BCUT2D eigenvalue weighted by Crippen LogP contribution is -2.05. The summed E-state index contributed by atoms with van der Waals surface area (Å²) in [5.41, 5.74) is 14.8. The number of aryl methyl sites for hydroxylation is 2. The fourth-order valence-corrected chi connectivity index (χ4v) is 4.59. The standard InChI is InChI=1S/C26H32N4/c1-4-5-6-21(26-28-11-12-29-26)19-7-8-24-23(16-19)22(9-10-27)25(30-24)20-14-17(2)13-18(3)15-20/h7-8,11-16,21,30H,4-6,9-10,27H2,1-3H3,(H,28,29). The van der Waals surface area contributed by atoms with Gasteiger partial charge in [0.1, 0.15) is 5.82 Å². The lowest BCUT2D eigenvalue weighted by molar-refractivity contribution is 0.628. The van der Waals surface area contributed by atoms with E-state index in [1.54, 1.807) is 0 Å². The third kappa shape index (κ3) is 4.05. The first-order valence-corrected chi connectivity index (χ1v) is 11.0. The number of unbranched alkanes of at least 4 members (excludes halogenated alkanes) is 1. The third-order valence-electron chi connectivity index (χ3n) is 5.93. The lowest BCUT2D eigenvalue weighted by atomic mass is 9.91. The Bertz CT molecular complexity index is 1100. The van der Waals surface area contributed by atoms with E-state index in [0.29, 0.717) is 6.54 Å². The van der Waals surface area contributed by atoms with E-state index in [1.165, 1.54) is 57.3 Å². The van der Waals surface area contributed by atoms with Crippen LogP contribution in [0.25, 0.3) is 22.2 Å². The molecular weight excluding hydrogens is 368 g/mol. The van der Waals surface area contributed by atoms with Crippen LogP contribution in [-0.4, -0.2) is 21.5 Å². The summed E-state index contributed by atoms with van der Waals surface area (Å²) in [6.45, 7) is 7.18. The van der Waals surface area contributed by atoms with Crippen molar-refractivity contribution in [1.29, 1.82) is 0 Å². The van der Waals surface area contributed by atoms with Crippen LogP contribution in [0.4, 0.5) is 0 Å². The van der Waals surface area contributed by atoms with Crippen LogP contribution in [0.5, 0.6) is 0 Å². The van der Waals surface area contributed by atoms with E-state index >= 15 is 0 Å². The maximum absolute atomic E-state index is 6.03. The minimum Gasteiger partial charge on any atom is -0.354 e. The summed E-state index contributed by atoms with van der Waals surface area (Å²) >= 11 is 0. The molecule has 30 heavy (non-hydrogen) atoms. The zero-order valence-corrected chi connectivity index (χ0v) is 18.3. The van der Waals surface area contributed by atoms with Gasteiger partial charge in [-0.25, -0.2) is 4.98 Å². The van der Waals surface area contributed by atoms with Gasteiger partial charge in [0, 0.05) is 34.9 Å². The molecule has 0 amide bonds. The van der Waals surface area contributed by atoms with E-state index in [4.69, 9.17) is 5.73 Å². The van der Waals surface area contributed by atoms with Crippen molar-refractivity contribution >= 4 is 10.9 Å². The summed E-state index contributed by atoms with van der Waals surface area (Å²) in [6, 6.07) is 13.6. The molecule has 0 saturated heterocycles. The number of nitrogens with zero attached hydrogens (tertiary/aromatic N) is 1. The molecule has 0 aliphatic rings. The Kier molecular flexibility index (Phi) is 6.05. The van der Waals surface area contributed by atoms with Crippen LogP contribution in [0, 0.1) is 13.8 Å². The first-order chi connectivity index (χ1) is 14.6. The summed E-state index contributed by atoms with van der Waals surface area (Å²) < 4.78 is 0. The minimum atomic E-state index is 0.287. The van der Waals surface area contributed by atoms with Gasteiger partial charge in [0.05, 0.1) is 0 Å². The van der Waals surface area contributed by atoms with Crippen molar-refractivity contribution in [1.82, 2.24) is 15.0 Å². The second-order valence-corrected chi connectivity index (χ2v) is 8.37. The normalized spacial score (nSPS) is 12.5. The predicted molar refractivity (Wildman–Crippen MR) is 126 cm³/mol. The molecule has 0 saturated carbocycles. The maximum Gasteiger partial charge on any atom is 0.113 e.